The third-order valence-corrected chi connectivity index (χ3v) is 3.46. The van der Waals surface area contributed by atoms with Crippen molar-refractivity contribution in [1.29, 1.82) is 5.26 Å². The molecule has 1 unspecified atom stereocenters. The molecule has 2 aromatic carbocycles. The molecule has 0 radical (unpaired) electrons. The van der Waals surface area contributed by atoms with Gasteiger partial charge in [0.1, 0.15) is 0 Å². The molecule has 108 valence electrons. The molecule has 0 aliphatic rings. The number of ether oxygens (including phenoxy) is 1. The van der Waals surface area contributed by atoms with Crippen LogP contribution in [0.4, 0.5) is 10.1 Å². The molecule has 0 saturated carbocycles. The van der Waals surface area contributed by atoms with Gasteiger partial charge in [-0.1, -0.05) is 17.7 Å². The van der Waals surface area contributed by atoms with Crippen LogP contribution in [0.15, 0.2) is 36.4 Å². The van der Waals surface area contributed by atoms with Crippen LogP contribution < -0.4 is 10.1 Å². The molecule has 0 saturated heterocycles. The number of nitrogens with zero attached hydrogens (tertiary/aromatic N) is 1. The van der Waals surface area contributed by atoms with E-state index in [0.717, 1.165) is 5.56 Å². The number of nitrogens with one attached hydrogen (secondary N) is 1. The quantitative estimate of drug-likeness (QED) is 0.902. The van der Waals surface area contributed by atoms with E-state index in [0.29, 0.717) is 16.3 Å². The monoisotopic (exact) mass is 304 g/mol. The third kappa shape index (κ3) is 3.45. The summed E-state index contributed by atoms with van der Waals surface area (Å²) >= 11 is 6.13. The van der Waals surface area contributed by atoms with E-state index in [-0.39, 0.29) is 11.8 Å². The van der Waals surface area contributed by atoms with Gasteiger partial charge in [0.15, 0.2) is 11.6 Å². The van der Waals surface area contributed by atoms with Crippen LogP contribution in [0.3, 0.4) is 0 Å². The zero-order valence-corrected chi connectivity index (χ0v) is 12.4. The molecule has 0 spiro atoms. The molecule has 0 aliphatic heterocycles. The summed E-state index contributed by atoms with van der Waals surface area (Å²) in [6, 6.07) is 11.7. The maximum absolute atomic E-state index is 13.4. The Kier molecular flexibility index (Phi) is 4.66. The lowest BCUT2D eigenvalue weighted by Crippen LogP contribution is -2.07. The zero-order chi connectivity index (χ0) is 15.4. The molecule has 3 nitrogen and oxygen atoms in total. The largest absolute Gasteiger partial charge is 0.494 e. The second-order valence-electron chi connectivity index (χ2n) is 4.57. The Morgan fingerprint density at radius 2 is 2.05 bits per heavy atom. The predicted octanol–water partition coefficient (Wildman–Crippen LogP) is 4.53. The maximum Gasteiger partial charge on any atom is 0.165 e. The van der Waals surface area contributed by atoms with Gasteiger partial charge in [0.2, 0.25) is 0 Å². The summed E-state index contributed by atoms with van der Waals surface area (Å²) in [6.45, 7) is 1.93. The van der Waals surface area contributed by atoms with E-state index in [1.807, 2.05) is 13.0 Å². The Labute approximate surface area is 127 Å². The Hall–Kier alpha value is -2.25. The Bertz CT molecular complexity index is 697. The minimum absolute atomic E-state index is 0.0927. The van der Waals surface area contributed by atoms with Crippen molar-refractivity contribution in [3.8, 4) is 11.8 Å². The summed E-state index contributed by atoms with van der Waals surface area (Å²) in [5, 5.41) is 12.5. The number of nitriles is 1. The number of halogens is 2. The minimum atomic E-state index is -0.398. The van der Waals surface area contributed by atoms with Crippen molar-refractivity contribution in [3.05, 3.63) is 58.4 Å². The average molecular weight is 305 g/mol. The Morgan fingerprint density at radius 3 is 2.67 bits per heavy atom. The maximum atomic E-state index is 13.4. The lowest BCUT2D eigenvalue weighted by atomic mass is 10.1. The highest BCUT2D eigenvalue weighted by Crippen LogP contribution is 2.29. The molecule has 0 fully saturated rings. The molecule has 1 atom stereocenters. The highest BCUT2D eigenvalue weighted by Gasteiger charge is 2.11. The predicted molar refractivity (Wildman–Crippen MR) is 81.2 cm³/mol. The van der Waals surface area contributed by atoms with E-state index < -0.39 is 5.82 Å². The van der Waals surface area contributed by atoms with Crippen molar-refractivity contribution in [2.45, 2.75) is 13.0 Å². The fourth-order valence-corrected chi connectivity index (χ4v) is 2.20. The number of hydrogen-bond acceptors (Lipinski definition) is 3. The molecular formula is C16H14ClFN2O. The van der Waals surface area contributed by atoms with Gasteiger partial charge in [0, 0.05) is 6.04 Å². The molecule has 2 aromatic rings. The molecule has 0 heterocycles. The van der Waals surface area contributed by atoms with Gasteiger partial charge in [0.25, 0.3) is 0 Å². The molecular weight excluding hydrogens is 291 g/mol. The van der Waals surface area contributed by atoms with E-state index >= 15 is 0 Å². The van der Waals surface area contributed by atoms with E-state index in [9.17, 15) is 4.39 Å². The smallest absolute Gasteiger partial charge is 0.165 e. The van der Waals surface area contributed by atoms with Crippen molar-refractivity contribution in [1.82, 2.24) is 0 Å². The highest BCUT2D eigenvalue weighted by molar-refractivity contribution is 6.33. The molecule has 5 heteroatoms. The molecule has 1 N–H and O–H groups in total. The molecule has 21 heavy (non-hydrogen) atoms. The first-order chi connectivity index (χ1) is 10.0. The van der Waals surface area contributed by atoms with Crippen LogP contribution in [0, 0.1) is 17.1 Å². The van der Waals surface area contributed by atoms with E-state index in [4.69, 9.17) is 21.6 Å². The van der Waals surface area contributed by atoms with Crippen LogP contribution in [-0.2, 0) is 0 Å². The van der Waals surface area contributed by atoms with Crippen LogP contribution >= 0.6 is 11.6 Å². The second-order valence-corrected chi connectivity index (χ2v) is 4.97. The van der Waals surface area contributed by atoms with Gasteiger partial charge in [0.05, 0.1) is 29.5 Å². The van der Waals surface area contributed by atoms with Gasteiger partial charge in [-0.3, -0.25) is 0 Å². The van der Waals surface area contributed by atoms with Gasteiger partial charge >= 0.3 is 0 Å². The lowest BCUT2D eigenvalue weighted by Gasteiger charge is -2.17. The average Bonchev–Trinajstić information content (AvgIpc) is 2.49. The van der Waals surface area contributed by atoms with Crippen LogP contribution in [0.5, 0.6) is 5.75 Å². The third-order valence-electron chi connectivity index (χ3n) is 3.15. The lowest BCUT2D eigenvalue weighted by molar-refractivity contribution is 0.385. The summed E-state index contributed by atoms with van der Waals surface area (Å²) in [5.74, 6) is -0.197. The SMILES string of the molecule is COc1cc(C(C)Nc2ccc(C#N)cc2Cl)ccc1F. The van der Waals surface area contributed by atoms with Crippen molar-refractivity contribution < 1.29 is 9.13 Å². The molecule has 2 rings (SSSR count). The van der Waals surface area contributed by atoms with Gasteiger partial charge in [-0.05, 0) is 42.8 Å². The first kappa shape index (κ1) is 15.1. The standard InChI is InChI=1S/C16H14ClFN2O/c1-10(12-4-5-14(18)16(8-12)21-2)20-15-6-3-11(9-19)7-13(15)17/h3-8,10,20H,1-2H3. The molecule has 0 aliphatic carbocycles. The topological polar surface area (TPSA) is 45.0 Å². The van der Waals surface area contributed by atoms with Gasteiger partial charge in [-0.2, -0.15) is 5.26 Å². The molecule has 0 amide bonds. The van der Waals surface area contributed by atoms with Gasteiger partial charge < -0.3 is 10.1 Å². The van der Waals surface area contributed by atoms with Crippen molar-refractivity contribution >= 4 is 17.3 Å². The number of hydrogen-bond donors (Lipinski definition) is 1. The number of rotatable bonds is 4. The molecule has 0 bridgehead atoms. The van der Waals surface area contributed by atoms with Crippen molar-refractivity contribution in [3.63, 3.8) is 0 Å². The van der Waals surface area contributed by atoms with Crippen molar-refractivity contribution in [2.24, 2.45) is 0 Å². The van der Waals surface area contributed by atoms with Gasteiger partial charge in [-0.25, -0.2) is 4.39 Å². The summed E-state index contributed by atoms with van der Waals surface area (Å²) in [6.07, 6.45) is 0. The number of anilines is 1. The fourth-order valence-electron chi connectivity index (χ4n) is 1.96. The molecule has 0 aromatic heterocycles. The fraction of sp³-hybridized carbons (Fsp3) is 0.188. The van der Waals surface area contributed by atoms with E-state index in [1.165, 1.54) is 13.2 Å². The van der Waals surface area contributed by atoms with E-state index in [2.05, 4.69) is 5.32 Å². The van der Waals surface area contributed by atoms with Crippen LogP contribution in [0.2, 0.25) is 5.02 Å². The first-order valence-electron chi connectivity index (χ1n) is 6.34. The Morgan fingerprint density at radius 1 is 1.29 bits per heavy atom. The minimum Gasteiger partial charge on any atom is -0.494 e. The van der Waals surface area contributed by atoms with Crippen LogP contribution in [-0.4, -0.2) is 7.11 Å². The normalized spacial score (nSPS) is 11.6. The highest BCUT2D eigenvalue weighted by atomic mass is 35.5. The van der Waals surface area contributed by atoms with Crippen LogP contribution in [0.1, 0.15) is 24.1 Å². The summed E-state index contributed by atoms with van der Waals surface area (Å²) < 4.78 is 18.4. The van der Waals surface area contributed by atoms with Gasteiger partial charge in [-0.15, -0.1) is 0 Å². The summed E-state index contributed by atoms with van der Waals surface area (Å²) in [7, 11) is 1.43. The second kappa shape index (κ2) is 6.47. The number of benzene rings is 2. The summed E-state index contributed by atoms with van der Waals surface area (Å²) in [5.41, 5.74) is 2.08. The van der Waals surface area contributed by atoms with E-state index in [1.54, 1.807) is 30.3 Å². The summed E-state index contributed by atoms with van der Waals surface area (Å²) in [4.78, 5) is 0. The first-order valence-corrected chi connectivity index (χ1v) is 6.72. The zero-order valence-electron chi connectivity index (χ0n) is 11.7. The Balaban J connectivity index is 2.22. The van der Waals surface area contributed by atoms with Crippen molar-refractivity contribution in [2.75, 3.05) is 12.4 Å². The van der Waals surface area contributed by atoms with Crippen LogP contribution in [0.25, 0.3) is 0 Å². The number of methoxy groups -OCH3 is 1.